The van der Waals surface area contributed by atoms with E-state index in [9.17, 15) is 4.79 Å². The van der Waals surface area contributed by atoms with Crippen LogP contribution in [0.5, 0.6) is 0 Å². The predicted octanol–water partition coefficient (Wildman–Crippen LogP) is 0.997. The first-order valence-corrected chi connectivity index (χ1v) is 5.12. The molecule has 13 heavy (non-hydrogen) atoms. The van der Waals surface area contributed by atoms with E-state index in [1.165, 1.54) is 0 Å². The van der Waals surface area contributed by atoms with Gasteiger partial charge in [0.05, 0.1) is 5.54 Å². The molecule has 1 aliphatic rings. The van der Waals surface area contributed by atoms with Crippen LogP contribution in [0, 0.1) is 0 Å². The molecule has 3 nitrogen and oxygen atoms in total. The van der Waals surface area contributed by atoms with Crippen LogP contribution < -0.4 is 5.32 Å². The summed E-state index contributed by atoms with van der Waals surface area (Å²) >= 11 is 0. The number of nitrogens with one attached hydrogen (secondary N) is 1. The average molecular weight is 184 g/mol. The van der Waals surface area contributed by atoms with Crippen LogP contribution in [-0.4, -0.2) is 36.0 Å². The molecule has 0 bridgehead atoms. The van der Waals surface area contributed by atoms with Crippen molar-refractivity contribution in [2.45, 2.75) is 39.2 Å². The Balaban J connectivity index is 2.53. The van der Waals surface area contributed by atoms with Crippen LogP contribution in [-0.2, 0) is 4.79 Å². The van der Waals surface area contributed by atoms with E-state index in [0.29, 0.717) is 0 Å². The molecule has 0 aromatic heterocycles. The smallest absolute Gasteiger partial charge is 0.242 e. The molecule has 0 aromatic rings. The summed E-state index contributed by atoms with van der Waals surface area (Å²) in [4.78, 5) is 13.9. The van der Waals surface area contributed by atoms with Crippen molar-refractivity contribution in [3.05, 3.63) is 0 Å². The van der Waals surface area contributed by atoms with Gasteiger partial charge in [0.2, 0.25) is 5.91 Å². The molecule has 0 atom stereocenters. The first-order chi connectivity index (χ1) is 6.08. The highest BCUT2D eigenvalue weighted by Crippen LogP contribution is 2.14. The third-order valence-electron chi connectivity index (χ3n) is 2.55. The minimum atomic E-state index is -0.390. The Morgan fingerprint density at radius 1 is 1.38 bits per heavy atom. The maximum atomic E-state index is 11.9. The fourth-order valence-corrected chi connectivity index (χ4v) is 1.83. The first kappa shape index (κ1) is 10.5. The van der Waals surface area contributed by atoms with Crippen molar-refractivity contribution >= 4 is 5.91 Å². The van der Waals surface area contributed by atoms with Crippen molar-refractivity contribution in [2.24, 2.45) is 0 Å². The van der Waals surface area contributed by atoms with Gasteiger partial charge >= 0.3 is 0 Å². The van der Waals surface area contributed by atoms with Gasteiger partial charge in [-0.2, -0.15) is 0 Å². The minimum absolute atomic E-state index is 0.242. The average Bonchev–Trinajstić information content (AvgIpc) is 2.54. The third-order valence-corrected chi connectivity index (χ3v) is 2.55. The summed E-state index contributed by atoms with van der Waals surface area (Å²) in [5.74, 6) is 0.242. The van der Waals surface area contributed by atoms with E-state index in [2.05, 4.69) is 5.32 Å². The summed E-state index contributed by atoms with van der Waals surface area (Å²) in [5.41, 5.74) is -0.390. The van der Waals surface area contributed by atoms with Crippen LogP contribution in [0.3, 0.4) is 0 Å². The molecule has 3 heteroatoms. The lowest BCUT2D eigenvalue weighted by Crippen LogP contribution is -2.53. The van der Waals surface area contributed by atoms with Gasteiger partial charge in [0.1, 0.15) is 0 Å². The van der Waals surface area contributed by atoms with E-state index < -0.39 is 0 Å². The molecule has 1 N–H and O–H groups in total. The van der Waals surface area contributed by atoms with Crippen molar-refractivity contribution in [1.29, 1.82) is 0 Å². The number of amides is 1. The summed E-state index contributed by atoms with van der Waals surface area (Å²) in [5, 5.41) is 3.21. The van der Waals surface area contributed by atoms with E-state index in [4.69, 9.17) is 0 Å². The molecule has 0 radical (unpaired) electrons. The van der Waals surface area contributed by atoms with E-state index >= 15 is 0 Å². The Kier molecular flexibility index (Phi) is 3.31. The minimum Gasteiger partial charge on any atom is -0.341 e. The molecule has 0 aromatic carbocycles. The molecule has 0 unspecified atom stereocenters. The third kappa shape index (κ3) is 2.44. The second kappa shape index (κ2) is 4.09. The molecule has 76 valence electrons. The number of carbonyl (C=O) groups is 1. The highest BCUT2D eigenvalue weighted by molar-refractivity contribution is 5.85. The van der Waals surface area contributed by atoms with Crippen molar-refractivity contribution < 1.29 is 4.79 Å². The van der Waals surface area contributed by atoms with Gasteiger partial charge in [0, 0.05) is 13.1 Å². The summed E-state index contributed by atoms with van der Waals surface area (Å²) in [6.07, 6.45) is 2.32. The zero-order chi connectivity index (χ0) is 9.90. The standard InChI is InChI=1S/C10H20N2O/c1-4-11-10(2,3)9(13)12-7-5-6-8-12/h11H,4-8H2,1-3H3. The Morgan fingerprint density at radius 3 is 2.38 bits per heavy atom. The second-order valence-electron chi connectivity index (χ2n) is 4.15. The van der Waals surface area contributed by atoms with Crippen molar-refractivity contribution in [3.63, 3.8) is 0 Å². The molecular formula is C10H20N2O. The molecule has 1 aliphatic heterocycles. The maximum Gasteiger partial charge on any atom is 0.242 e. The lowest BCUT2D eigenvalue weighted by molar-refractivity contribution is -0.135. The Labute approximate surface area is 80.5 Å². The second-order valence-corrected chi connectivity index (χ2v) is 4.15. The first-order valence-electron chi connectivity index (χ1n) is 5.12. The van der Waals surface area contributed by atoms with Gasteiger partial charge in [-0.3, -0.25) is 4.79 Å². The van der Waals surface area contributed by atoms with Crippen LogP contribution in [0.25, 0.3) is 0 Å². The topological polar surface area (TPSA) is 32.3 Å². The summed E-state index contributed by atoms with van der Waals surface area (Å²) in [7, 11) is 0. The van der Waals surface area contributed by atoms with Gasteiger partial charge in [-0.1, -0.05) is 6.92 Å². The SMILES string of the molecule is CCNC(C)(C)C(=O)N1CCCC1. The predicted molar refractivity (Wildman–Crippen MR) is 53.6 cm³/mol. The number of likely N-dealkylation sites (N-methyl/N-ethyl adjacent to an activating group) is 1. The van der Waals surface area contributed by atoms with E-state index in [0.717, 1.165) is 32.5 Å². The normalized spacial score (nSPS) is 17.9. The van der Waals surface area contributed by atoms with Crippen molar-refractivity contribution in [1.82, 2.24) is 10.2 Å². The van der Waals surface area contributed by atoms with Crippen LogP contribution >= 0.6 is 0 Å². The Hall–Kier alpha value is -0.570. The molecule has 1 fully saturated rings. The maximum absolute atomic E-state index is 11.9. The van der Waals surface area contributed by atoms with Crippen molar-refractivity contribution in [2.75, 3.05) is 19.6 Å². The summed E-state index contributed by atoms with van der Waals surface area (Å²) < 4.78 is 0. The monoisotopic (exact) mass is 184 g/mol. The zero-order valence-electron chi connectivity index (χ0n) is 8.89. The van der Waals surface area contributed by atoms with Crippen LogP contribution in [0.15, 0.2) is 0 Å². The highest BCUT2D eigenvalue weighted by Gasteiger charge is 2.31. The van der Waals surface area contributed by atoms with E-state index in [-0.39, 0.29) is 11.4 Å². The fraction of sp³-hybridized carbons (Fsp3) is 0.900. The van der Waals surface area contributed by atoms with Gasteiger partial charge < -0.3 is 10.2 Å². The molecule has 1 saturated heterocycles. The van der Waals surface area contributed by atoms with Crippen LogP contribution in [0.1, 0.15) is 33.6 Å². The van der Waals surface area contributed by atoms with Gasteiger partial charge in [-0.05, 0) is 33.2 Å². The number of nitrogens with zero attached hydrogens (tertiary/aromatic N) is 1. The number of rotatable bonds is 3. The fourth-order valence-electron chi connectivity index (χ4n) is 1.83. The van der Waals surface area contributed by atoms with Crippen LogP contribution in [0.4, 0.5) is 0 Å². The van der Waals surface area contributed by atoms with Gasteiger partial charge in [0.15, 0.2) is 0 Å². The zero-order valence-corrected chi connectivity index (χ0v) is 8.89. The van der Waals surface area contributed by atoms with E-state index in [1.54, 1.807) is 0 Å². The van der Waals surface area contributed by atoms with Crippen molar-refractivity contribution in [3.8, 4) is 0 Å². The van der Waals surface area contributed by atoms with Gasteiger partial charge in [-0.15, -0.1) is 0 Å². The van der Waals surface area contributed by atoms with Gasteiger partial charge in [-0.25, -0.2) is 0 Å². The quantitative estimate of drug-likeness (QED) is 0.709. The lowest BCUT2D eigenvalue weighted by atomic mass is 10.0. The number of hydrogen-bond acceptors (Lipinski definition) is 2. The molecule has 0 spiro atoms. The molecule has 1 heterocycles. The number of likely N-dealkylation sites (tertiary alicyclic amines) is 1. The number of hydrogen-bond donors (Lipinski definition) is 1. The highest BCUT2D eigenvalue weighted by atomic mass is 16.2. The molecule has 0 aliphatic carbocycles. The van der Waals surface area contributed by atoms with Gasteiger partial charge in [0.25, 0.3) is 0 Å². The Morgan fingerprint density at radius 2 is 1.92 bits per heavy atom. The van der Waals surface area contributed by atoms with E-state index in [1.807, 2.05) is 25.7 Å². The summed E-state index contributed by atoms with van der Waals surface area (Å²) in [6.45, 7) is 8.65. The largest absolute Gasteiger partial charge is 0.341 e. The molecular weight excluding hydrogens is 164 g/mol. The lowest BCUT2D eigenvalue weighted by Gasteiger charge is -2.29. The molecule has 0 saturated carbocycles. The molecule has 1 amide bonds. The number of carbonyl (C=O) groups excluding carboxylic acids is 1. The Bertz CT molecular complexity index is 183. The molecule has 1 rings (SSSR count). The van der Waals surface area contributed by atoms with Crippen LogP contribution in [0.2, 0.25) is 0 Å². The summed E-state index contributed by atoms with van der Waals surface area (Å²) in [6, 6.07) is 0.